The molecule has 1 aromatic carbocycles. The highest BCUT2D eigenvalue weighted by Crippen LogP contribution is 2.64. The average Bonchev–Trinajstić information content (AvgIpc) is 3.32. The minimum absolute atomic E-state index is 0. The minimum atomic E-state index is -0.940. The number of hydrogen-bond acceptors (Lipinski definition) is 5. The van der Waals surface area contributed by atoms with Crippen molar-refractivity contribution in [1.29, 1.82) is 0 Å². The molecule has 4 unspecified atom stereocenters. The van der Waals surface area contributed by atoms with Gasteiger partial charge in [0.05, 0.1) is 11.0 Å². The number of phenols is 1. The van der Waals surface area contributed by atoms with Gasteiger partial charge < -0.3 is 27.4 Å². The summed E-state index contributed by atoms with van der Waals surface area (Å²) in [4.78, 5) is 15.2. The molecule has 2 saturated carbocycles. The predicted octanol–water partition coefficient (Wildman–Crippen LogP) is -1.47. The molecule has 5 nitrogen and oxygen atoms in total. The molecule has 0 radical (unpaired) electrons. The number of carbonyl (C=O) groups is 1. The van der Waals surface area contributed by atoms with Crippen molar-refractivity contribution < 1.29 is 32.2 Å². The third kappa shape index (κ3) is 1.77. The molecule has 6 rings (SSSR count). The summed E-state index contributed by atoms with van der Waals surface area (Å²) in [5.41, 5.74) is 0.454. The number of ketones is 1. The molecule has 2 bridgehead atoms. The van der Waals surface area contributed by atoms with Crippen LogP contribution in [0.2, 0.25) is 0 Å². The molecule has 1 spiro atoms. The van der Waals surface area contributed by atoms with Crippen LogP contribution in [0.25, 0.3) is 0 Å². The number of phenolic OH excluding ortho intramolecular Hbond substituents is 1. The third-order valence-corrected chi connectivity index (χ3v) is 7.56. The summed E-state index contributed by atoms with van der Waals surface area (Å²) in [6.07, 6.45) is 4.33. The number of likely N-dealkylation sites (tertiary alicyclic amines) is 1. The van der Waals surface area contributed by atoms with E-state index in [9.17, 15) is 15.0 Å². The van der Waals surface area contributed by atoms with Gasteiger partial charge in [-0.15, -0.1) is 0 Å². The van der Waals surface area contributed by atoms with E-state index in [4.69, 9.17) is 4.74 Å². The fraction of sp³-hybridized carbons (Fsp3) is 0.650. The molecule has 140 valence electrons. The number of Topliss-reactive ketones (excluding diaryl/α,β-unsaturated/α-hetero) is 1. The fourth-order valence-electron chi connectivity index (χ4n) is 6.26. The topological polar surface area (TPSA) is 70.0 Å². The number of halogens is 1. The van der Waals surface area contributed by atoms with E-state index < -0.39 is 17.1 Å². The van der Waals surface area contributed by atoms with E-state index in [1.807, 2.05) is 6.07 Å². The van der Waals surface area contributed by atoms with Gasteiger partial charge in [0.1, 0.15) is 0 Å². The Morgan fingerprint density at radius 1 is 1.27 bits per heavy atom. The maximum absolute atomic E-state index is 12.7. The number of nitrogens with zero attached hydrogens (tertiary/aromatic N) is 1. The Bertz CT molecular complexity index is 809. The molecule has 2 aliphatic heterocycles. The Kier molecular flexibility index (Phi) is 3.34. The SMILES string of the molecule is O=C1CCC2(O)C3Cc4ccc(O)c5c4C2(CCN3CC2CC2)C1O5.[Cl-]. The molecule has 3 fully saturated rings. The average molecular weight is 377 g/mol. The predicted molar refractivity (Wildman–Crippen MR) is 89.8 cm³/mol. The van der Waals surface area contributed by atoms with Crippen LogP contribution in [0.3, 0.4) is 0 Å². The van der Waals surface area contributed by atoms with Crippen LogP contribution >= 0.6 is 0 Å². The molecule has 1 saturated heterocycles. The normalized spacial score (nSPS) is 39.8. The van der Waals surface area contributed by atoms with E-state index in [2.05, 4.69) is 4.90 Å². The molecule has 6 heteroatoms. The van der Waals surface area contributed by atoms with E-state index in [-0.39, 0.29) is 30.0 Å². The van der Waals surface area contributed by atoms with Crippen molar-refractivity contribution in [3.63, 3.8) is 0 Å². The van der Waals surface area contributed by atoms with Crippen LogP contribution in [0.4, 0.5) is 0 Å². The van der Waals surface area contributed by atoms with E-state index in [0.29, 0.717) is 18.6 Å². The van der Waals surface area contributed by atoms with Gasteiger partial charge in [-0.3, -0.25) is 9.69 Å². The van der Waals surface area contributed by atoms with Crippen molar-refractivity contribution in [2.45, 2.75) is 61.7 Å². The molecular weight excluding hydrogens is 354 g/mol. The molecule has 26 heavy (non-hydrogen) atoms. The molecule has 5 aliphatic rings. The van der Waals surface area contributed by atoms with Crippen LogP contribution in [-0.4, -0.2) is 51.7 Å². The highest BCUT2D eigenvalue weighted by molar-refractivity contribution is 5.90. The lowest BCUT2D eigenvalue weighted by molar-refractivity contribution is -0.188. The van der Waals surface area contributed by atoms with Gasteiger partial charge in [0, 0.05) is 24.6 Å². The Hall–Kier alpha value is -1.30. The summed E-state index contributed by atoms with van der Waals surface area (Å²) in [5.74, 6) is 1.39. The first-order valence-electron chi connectivity index (χ1n) is 9.56. The highest BCUT2D eigenvalue weighted by Gasteiger charge is 2.73. The van der Waals surface area contributed by atoms with Crippen LogP contribution in [0, 0.1) is 5.92 Å². The maximum Gasteiger partial charge on any atom is 0.174 e. The molecule has 1 aromatic rings. The maximum atomic E-state index is 12.7. The number of aromatic hydroxyl groups is 1. The van der Waals surface area contributed by atoms with Crippen molar-refractivity contribution in [2.24, 2.45) is 5.92 Å². The van der Waals surface area contributed by atoms with E-state index in [1.54, 1.807) is 6.07 Å². The Balaban J connectivity index is 0.00000150. The van der Waals surface area contributed by atoms with Crippen LogP contribution in [0.5, 0.6) is 11.5 Å². The summed E-state index contributed by atoms with van der Waals surface area (Å²) < 4.78 is 6.04. The zero-order chi connectivity index (χ0) is 17.0. The summed E-state index contributed by atoms with van der Waals surface area (Å²) >= 11 is 0. The zero-order valence-corrected chi connectivity index (χ0v) is 15.3. The number of aliphatic hydroxyl groups is 1. The standard InChI is InChI=1S/C20H23NO4.ClH/c22-13-4-3-12-9-15-20(24)6-5-14(23)18-19(20,16(12)17(13)25-18)7-8-21(15)10-11-1-2-11;/h3-4,11,15,18,22,24H,1-2,5-10H2;1H/p-1. The van der Waals surface area contributed by atoms with Gasteiger partial charge in [-0.05, 0) is 56.2 Å². The Morgan fingerprint density at radius 3 is 2.85 bits per heavy atom. The first-order valence-corrected chi connectivity index (χ1v) is 9.56. The van der Waals surface area contributed by atoms with Crippen LogP contribution in [0.15, 0.2) is 12.1 Å². The Morgan fingerprint density at radius 2 is 2.08 bits per heavy atom. The Labute approximate surface area is 158 Å². The lowest BCUT2D eigenvalue weighted by Gasteiger charge is -2.62. The number of carbonyl (C=O) groups excluding carboxylic acids is 1. The first-order chi connectivity index (χ1) is 12.0. The van der Waals surface area contributed by atoms with Gasteiger partial charge in [0.25, 0.3) is 0 Å². The van der Waals surface area contributed by atoms with Gasteiger partial charge in [-0.1, -0.05) is 6.07 Å². The van der Waals surface area contributed by atoms with Crippen molar-refractivity contribution >= 4 is 5.78 Å². The quantitative estimate of drug-likeness (QED) is 0.659. The minimum Gasteiger partial charge on any atom is -1.00 e. The molecule has 0 amide bonds. The van der Waals surface area contributed by atoms with Gasteiger partial charge in [0.2, 0.25) is 0 Å². The smallest absolute Gasteiger partial charge is 0.174 e. The molecule has 4 atom stereocenters. The van der Waals surface area contributed by atoms with Crippen LogP contribution < -0.4 is 17.1 Å². The molecule has 3 aliphatic carbocycles. The molecule has 2 heterocycles. The molecule has 0 aromatic heterocycles. The number of piperidine rings is 1. The summed E-state index contributed by atoms with van der Waals surface area (Å²) in [6.45, 7) is 1.95. The second kappa shape index (κ2) is 5.15. The lowest BCUT2D eigenvalue weighted by Crippen LogP contribution is -3.00. The van der Waals surface area contributed by atoms with E-state index in [0.717, 1.165) is 43.0 Å². The van der Waals surface area contributed by atoms with Gasteiger partial charge >= 0.3 is 0 Å². The number of ether oxygens (including phenoxy) is 1. The van der Waals surface area contributed by atoms with Crippen LogP contribution in [0.1, 0.15) is 43.2 Å². The largest absolute Gasteiger partial charge is 1.00 e. The fourth-order valence-corrected chi connectivity index (χ4v) is 6.26. The van der Waals surface area contributed by atoms with Crippen molar-refractivity contribution in [2.75, 3.05) is 13.1 Å². The van der Waals surface area contributed by atoms with E-state index in [1.165, 1.54) is 12.8 Å². The van der Waals surface area contributed by atoms with Gasteiger partial charge in [-0.2, -0.15) is 0 Å². The summed E-state index contributed by atoms with van der Waals surface area (Å²) in [7, 11) is 0. The monoisotopic (exact) mass is 376 g/mol. The van der Waals surface area contributed by atoms with Gasteiger partial charge in [-0.25, -0.2) is 0 Å². The summed E-state index contributed by atoms with van der Waals surface area (Å²) in [5, 5.41) is 22.3. The number of hydrogen-bond donors (Lipinski definition) is 2. The highest BCUT2D eigenvalue weighted by atomic mass is 35.5. The van der Waals surface area contributed by atoms with Crippen molar-refractivity contribution in [3.8, 4) is 11.5 Å². The second-order valence-corrected chi connectivity index (χ2v) is 8.72. The first kappa shape index (κ1) is 16.8. The van der Waals surface area contributed by atoms with Crippen molar-refractivity contribution in [1.82, 2.24) is 4.90 Å². The second-order valence-electron chi connectivity index (χ2n) is 8.72. The lowest BCUT2D eigenvalue weighted by atomic mass is 9.49. The molecular formula is C20H23ClNO4-. The van der Waals surface area contributed by atoms with Crippen LogP contribution in [-0.2, 0) is 16.6 Å². The van der Waals surface area contributed by atoms with Crippen molar-refractivity contribution in [3.05, 3.63) is 23.3 Å². The van der Waals surface area contributed by atoms with E-state index >= 15 is 0 Å². The number of benzene rings is 1. The third-order valence-electron chi connectivity index (χ3n) is 7.56. The zero-order valence-electron chi connectivity index (χ0n) is 14.6. The van der Waals surface area contributed by atoms with Gasteiger partial charge in [0.15, 0.2) is 23.4 Å². The number of rotatable bonds is 2. The summed E-state index contributed by atoms with van der Waals surface area (Å²) in [6, 6.07) is 3.69. The molecule has 2 N–H and O–H groups in total.